The molecule has 0 aliphatic heterocycles. The van der Waals surface area contributed by atoms with Gasteiger partial charge >= 0.3 is 0 Å². The van der Waals surface area contributed by atoms with Crippen molar-refractivity contribution in [3.63, 3.8) is 0 Å². The van der Waals surface area contributed by atoms with Gasteiger partial charge in [-0.1, -0.05) is 41.6 Å². The highest BCUT2D eigenvalue weighted by molar-refractivity contribution is 5.95. The molecule has 1 amide bonds. The number of H-pyrrole nitrogens is 1. The molecule has 0 aliphatic carbocycles. The molecule has 0 saturated carbocycles. The minimum atomic E-state index is -0.544. The molecule has 3 rings (SSSR count). The summed E-state index contributed by atoms with van der Waals surface area (Å²) in [5, 5.41) is 16.8. The van der Waals surface area contributed by atoms with Gasteiger partial charge in [0.15, 0.2) is 5.82 Å². The van der Waals surface area contributed by atoms with Gasteiger partial charge in [0.2, 0.25) is 5.91 Å². The SMILES string of the molecule is COc1cccc(NC(=O)C(Cc2ccccc2)c2nn[nH]n2)c1. The molecule has 3 aromatic rings. The Morgan fingerprint density at radius 3 is 2.75 bits per heavy atom. The molecule has 2 N–H and O–H groups in total. The maximum atomic E-state index is 12.7. The summed E-state index contributed by atoms with van der Waals surface area (Å²) in [6.07, 6.45) is 0.482. The lowest BCUT2D eigenvalue weighted by Gasteiger charge is -2.14. The molecule has 7 nitrogen and oxygen atoms in total. The predicted molar refractivity (Wildman–Crippen MR) is 88.7 cm³/mol. The molecule has 1 heterocycles. The lowest BCUT2D eigenvalue weighted by Crippen LogP contribution is -2.24. The van der Waals surface area contributed by atoms with Crippen LogP contribution in [0.3, 0.4) is 0 Å². The van der Waals surface area contributed by atoms with E-state index in [2.05, 4.69) is 25.9 Å². The van der Waals surface area contributed by atoms with Crippen LogP contribution in [0.15, 0.2) is 54.6 Å². The van der Waals surface area contributed by atoms with Gasteiger partial charge in [-0.3, -0.25) is 4.79 Å². The molecule has 0 fully saturated rings. The Balaban J connectivity index is 1.81. The standard InChI is InChI=1S/C17H17N5O2/c1-24-14-9-5-8-13(11-14)18-17(23)15(16-19-21-22-20-16)10-12-6-3-2-4-7-12/h2-9,11,15H,10H2,1H3,(H,18,23)(H,19,20,21,22). The molecule has 0 bridgehead atoms. The van der Waals surface area contributed by atoms with E-state index in [9.17, 15) is 4.79 Å². The molecule has 1 atom stereocenters. The van der Waals surface area contributed by atoms with Crippen molar-refractivity contribution in [1.29, 1.82) is 0 Å². The molecule has 0 radical (unpaired) electrons. The molecule has 2 aromatic carbocycles. The Morgan fingerprint density at radius 1 is 1.21 bits per heavy atom. The topological polar surface area (TPSA) is 92.8 Å². The van der Waals surface area contributed by atoms with E-state index in [-0.39, 0.29) is 5.91 Å². The van der Waals surface area contributed by atoms with E-state index in [0.717, 1.165) is 5.56 Å². The quantitative estimate of drug-likeness (QED) is 0.725. The fourth-order valence-electron chi connectivity index (χ4n) is 2.40. The number of rotatable bonds is 6. The fraction of sp³-hybridized carbons (Fsp3) is 0.176. The van der Waals surface area contributed by atoms with Gasteiger partial charge in [0.1, 0.15) is 11.7 Å². The third-order valence-electron chi connectivity index (χ3n) is 3.61. The first-order chi connectivity index (χ1) is 11.8. The number of aromatic nitrogens is 4. The number of carbonyl (C=O) groups is 1. The van der Waals surface area contributed by atoms with Crippen molar-refractivity contribution < 1.29 is 9.53 Å². The van der Waals surface area contributed by atoms with Crippen LogP contribution in [-0.4, -0.2) is 33.6 Å². The number of anilines is 1. The summed E-state index contributed by atoms with van der Waals surface area (Å²) < 4.78 is 5.17. The summed E-state index contributed by atoms with van der Waals surface area (Å²) in [6, 6.07) is 16.9. The molecular formula is C17H17N5O2. The Bertz CT molecular complexity index is 790. The van der Waals surface area contributed by atoms with Gasteiger partial charge in [0.25, 0.3) is 0 Å². The van der Waals surface area contributed by atoms with E-state index in [1.165, 1.54) is 0 Å². The van der Waals surface area contributed by atoms with Gasteiger partial charge in [0.05, 0.1) is 7.11 Å². The van der Waals surface area contributed by atoms with Crippen molar-refractivity contribution >= 4 is 11.6 Å². The smallest absolute Gasteiger partial charge is 0.235 e. The number of benzene rings is 2. The Hall–Kier alpha value is -3.22. The van der Waals surface area contributed by atoms with Crippen LogP contribution in [0.2, 0.25) is 0 Å². The second kappa shape index (κ2) is 7.36. The number of nitrogens with zero attached hydrogens (tertiary/aromatic N) is 3. The number of aromatic amines is 1. The van der Waals surface area contributed by atoms with Crippen LogP contribution in [0.1, 0.15) is 17.3 Å². The van der Waals surface area contributed by atoms with E-state index < -0.39 is 5.92 Å². The van der Waals surface area contributed by atoms with Crippen molar-refractivity contribution in [2.45, 2.75) is 12.3 Å². The second-order valence-corrected chi connectivity index (χ2v) is 5.23. The summed E-state index contributed by atoms with van der Waals surface area (Å²) >= 11 is 0. The highest BCUT2D eigenvalue weighted by Crippen LogP contribution is 2.22. The number of methoxy groups -OCH3 is 1. The Morgan fingerprint density at radius 2 is 2.04 bits per heavy atom. The highest BCUT2D eigenvalue weighted by Gasteiger charge is 2.25. The van der Waals surface area contributed by atoms with Crippen LogP contribution in [0.5, 0.6) is 5.75 Å². The van der Waals surface area contributed by atoms with Crippen molar-refractivity contribution in [2.24, 2.45) is 0 Å². The van der Waals surface area contributed by atoms with E-state index in [4.69, 9.17) is 4.74 Å². The van der Waals surface area contributed by atoms with Crippen LogP contribution in [0.4, 0.5) is 5.69 Å². The maximum Gasteiger partial charge on any atom is 0.235 e. The summed E-state index contributed by atoms with van der Waals surface area (Å²) in [5.41, 5.74) is 1.67. The third kappa shape index (κ3) is 3.75. The molecule has 7 heteroatoms. The first-order valence-electron chi connectivity index (χ1n) is 7.48. The van der Waals surface area contributed by atoms with Crippen LogP contribution >= 0.6 is 0 Å². The van der Waals surface area contributed by atoms with Gasteiger partial charge in [-0.15, -0.1) is 10.2 Å². The van der Waals surface area contributed by atoms with E-state index >= 15 is 0 Å². The zero-order valence-corrected chi connectivity index (χ0v) is 13.1. The molecule has 1 unspecified atom stereocenters. The lowest BCUT2D eigenvalue weighted by atomic mass is 9.97. The molecule has 122 valence electrons. The Labute approximate surface area is 139 Å². The molecular weight excluding hydrogens is 306 g/mol. The van der Waals surface area contributed by atoms with Crippen molar-refractivity contribution in [1.82, 2.24) is 20.6 Å². The zero-order chi connectivity index (χ0) is 16.8. The average molecular weight is 323 g/mol. The maximum absolute atomic E-state index is 12.7. The average Bonchev–Trinajstić information content (AvgIpc) is 3.15. The third-order valence-corrected chi connectivity index (χ3v) is 3.61. The van der Waals surface area contributed by atoms with Gasteiger partial charge in [-0.2, -0.15) is 5.21 Å². The molecule has 0 saturated heterocycles. The number of amides is 1. The summed E-state index contributed by atoms with van der Waals surface area (Å²) in [7, 11) is 1.58. The second-order valence-electron chi connectivity index (χ2n) is 5.23. The van der Waals surface area contributed by atoms with Gasteiger partial charge in [0, 0.05) is 11.8 Å². The fourth-order valence-corrected chi connectivity index (χ4v) is 2.40. The Kier molecular flexibility index (Phi) is 4.81. The largest absolute Gasteiger partial charge is 0.497 e. The monoisotopic (exact) mass is 323 g/mol. The number of nitrogens with one attached hydrogen (secondary N) is 2. The van der Waals surface area contributed by atoms with Gasteiger partial charge in [-0.25, -0.2) is 0 Å². The number of ether oxygens (including phenoxy) is 1. The normalized spacial score (nSPS) is 11.7. The minimum Gasteiger partial charge on any atom is -0.497 e. The summed E-state index contributed by atoms with van der Waals surface area (Å²) in [6.45, 7) is 0. The summed E-state index contributed by atoms with van der Waals surface area (Å²) in [4.78, 5) is 12.7. The van der Waals surface area contributed by atoms with Crippen molar-refractivity contribution in [3.8, 4) is 5.75 Å². The molecule has 0 aliphatic rings. The van der Waals surface area contributed by atoms with Gasteiger partial charge < -0.3 is 10.1 Å². The minimum absolute atomic E-state index is 0.200. The van der Waals surface area contributed by atoms with E-state index in [0.29, 0.717) is 23.7 Å². The predicted octanol–water partition coefficient (Wildman–Crippen LogP) is 2.17. The van der Waals surface area contributed by atoms with Crippen molar-refractivity contribution in [3.05, 3.63) is 66.0 Å². The van der Waals surface area contributed by atoms with E-state index in [1.54, 1.807) is 19.2 Å². The zero-order valence-electron chi connectivity index (χ0n) is 13.1. The van der Waals surface area contributed by atoms with Crippen LogP contribution in [-0.2, 0) is 11.2 Å². The van der Waals surface area contributed by atoms with Crippen LogP contribution in [0.25, 0.3) is 0 Å². The molecule has 1 aromatic heterocycles. The first kappa shape index (κ1) is 15.7. The highest BCUT2D eigenvalue weighted by atomic mass is 16.5. The van der Waals surface area contributed by atoms with Crippen LogP contribution < -0.4 is 10.1 Å². The lowest BCUT2D eigenvalue weighted by molar-refractivity contribution is -0.117. The number of hydrogen-bond donors (Lipinski definition) is 2. The molecule has 0 spiro atoms. The molecule has 24 heavy (non-hydrogen) atoms. The van der Waals surface area contributed by atoms with E-state index in [1.807, 2.05) is 42.5 Å². The summed E-state index contributed by atoms with van der Waals surface area (Å²) in [5.74, 6) is 0.289. The number of tetrazole rings is 1. The van der Waals surface area contributed by atoms with Crippen LogP contribution in [0, 0.1) is 0 Å². The first-order valence-corrected chi connectivity index (χ1v) is 7.48. The number of hydrogen-bond acceptors (Lipinski definition) is 5. The number of carbonyl (C=O) groups excluding carboxylic acids is 1. The van der Waals surface area contributed by atoms with Crippen molar-refractivity contribution in [2.75, 3.05) is 12.4 Å². The van der Waals surface area contributed by atoms with Gasteiger partial charge in [-0.05, 0) is 24.1 Å².